The van der Waals surface area contributed by atoms with Crippen molar-refractivity contribution in [2.24, 2.45) is 0 Å². The fourth-order valence-corrected chi connectivity index (χ4v) is 4.85. The van der Waals surface area contributed by atoms with Crippen LogP contribution in [0.25, 0.3) is 0 Å². The van der Waals surface area contributed by atoms with E-state index in [2.05, 4.69) is 4.98 Å². The van der Waals surface area contributed by atoms with Gasteiger partial charge < -0.3 is 18.9 Å². The van der Waals surface area contributed by atoms with Crippen LogP contribution in [0.15, 0.2) is 113 Å². The molecule has 1 saturated heterocycles. The quantitative estimate of drug-likeness (QED) is 0.287. The second kappa shape index (κ2) is 13.0. The molecule has 1 aliphatic heterocycles. The van der Waals surface area contributed by atoms with Gasteiger partial charge in [0.05, 0.1) is 26.4 Å². The third-order valence-electron chi connectivity index (χ3n) is 6.87. The number of ether oxygens (including phenoxy) is 4. The van der Waals surface area contributed by atoms with Crippen LogP contribution in [0.3, 0.4) is 0 Å². The van der Waals surface area contributed by atoms with E-state index in [9.17, 15) is 9.59 Å². The van der Waals surface area contributed by atoms with E-state index in [0.29, 0.717) is 6.61 Å². The van der Waals surface area contributed by atoms with Crippen molar-refractivity contribution >= 4 is 0 Å². The minimum absolute atomic E-state index is 0.0471. The lowest BCUT2D eigenvalue weighted by Gasteiger charge is -2.36. The van der Waals surface area contributed by atoms with Gasteiger partial charge in [-0.1, -0.05) is 91.0 Å². The van der Waals surface area contributed by atoms with Crippen LogP contribution in [0.2, 0.25) is 0 Å². The topological polar surface area (TPSA) is 91.8 Å². The predicted octanol–water partition coefficient (Wildman–Crippen LogP) is 4.16. The van der Waals surface area contributed by atoms with Gasteiger partial charge in [-0.2, -0.15) is 0 Å². The molecule has 40 heavy (non-hydrogen) atoms. The van der Waals surface area contributed by atoms with Gasteiger partial charge in [-0.3, -0.25) is 14.3 Å². The van der Waals surface area contributed by atoms with Crippen LogP contribution in [0.1, 0.15) is 22.9 Å². The number of H-pyrrole nitrogens is 1. The molecule has 1 aromatic heterocycles. The summed E-state index contributed by atoms with van der Waals surface area (Å²) >= 11 is 0. The average Bonchev–Trinajstić information content (AvgIpc) is 3.29. The van der Waals surface area contributed by atoms with Gasteiger partial charge in [0.25, 0.3) is 5.56 Å². The minimum atomic E-state index is -1.73. The Hall–Kier alpha value is -3.89. The number of rotatable bonds is 12. The molecule has 208 valence electrons. The van der Waals surface area contributed by atoms with Crippen molar-refractivity contribution in [1.29, 1.82) is 0 Å². The molecule has 8 nitrogen and oxygen atoms in total. The number of benzene rings is 3. The fourth-order valence-electron chi connectivity index (χ4n) is 4.85. The van der Waals surface area contributed by atoms with E-state index in [-0.39, 0.29) is 19.8 Å². The first-order chi connectivity index (χ1) is 19.6. The molecule has 2 heterocycles. The lowest BCUT2D eigenvalue weighted by Crippen LogP contribution is -2.54. The van der Waals surface area contributed by atoms with Crippen molar-refractivity contribution in [3.05, 3.63) is 141 Å². The summed E-state index contributed by atoms with van der Waals surface area (Å²) in [5.74, 6) is 0. The molecular weight excluding hydrogens is 515 g/mol. The number of hydrogen-bond donors (Lipinski definition) is 1. The monoisotopic (exact) mass is 546 g/mol. The highest BCUT2D eigenvalue weighted by Gasteiger charge is 2.60. The Labute approximate surface area is 230 Å². The second-order valence-corrected chi connectivity index (χ2v) is 9.63. The molecule has 5 rings (SSSR count). The Bertz CT molecular complexity index is 1460. The number of nitrogens with zero attached hydrogens (tertiary/aromatic N) is 1. The maximum atomic E-state index is 15.4. The summed E-state index contributed by atoms with van der Waals surface area (Å²) in [5.41, 5.74) is -0.387. The van der Waals surface area contributed by atoms with Crippen LogP contribution in [-0.2, 0) is 38.8 Å². The zero-order valence-electron chi connectivity index (χ0n) is 21.9. The maximum absolute atomic E-state index is 15.4. The molecule has 1 fully saturated rings. The molecule has 0 aliphatic carbocycles. The Balaban J connectivity index is 1.49. The molecular formula is C31H31FN2O6. The van der Waals surface area contributed by atoms with Crippen LogP contribution < -0.4 is 11.2 Å². The first-order valence-corrected chi connectivity index (χ1v) is 13.1. The predicted molar refractivity (Wildman–Crippen MR) is 146 cm³/mol. The van der Waals surface area contributed by atoms with Gasteiger partial charge in [0, 0.05) is 12.3 Å². The van der Waals surface area contributed by atoms with E-state index in [0.717, 1.165) is 21.3 Å². The van der Waals surface area contributed by atoms with Crippen LogP contribution >= 0.6 is 0 Å². The van der Waals surface area contributed by atoms with Crippen molar-refractivity contribution in [3.63, 3.8) is 0 Å². The Morgan fingerprint density at radius 1 is 0.800 bits per heavy atom. The smallest absolute Gasteiger partial charge is 0.330 e. The largest absolute Gasteiger partial charge is 0.374 e. The first kappa shape index (κ1) is 27.7. The SMILES string of the molecule is O=c1ccn([C@@H]2O[C@H](COCc3ccccc3)[C@@H](OCc3ccccc3)[C@@]2(CF)OCc2ccccc2)c(=O)[nH]1. The number of alkyl halides is 1. The van der Waals surface area contributed by atoms with Crippen molar-refractivity contribution in [1.82, 2.24) is 9.55 Å². The third kappa shape index (κ3) is 6.29. The Kier molecular flexibility index (Phi) is 8.98. The lowest BCUT2D eigenvalue weighted by atomic mass is 9.94. The van der Waals surface area contributed by atoms with Crippen LogP contribution in [0, 0.1) is 0 Å². The fraction of sp³-hybridized carbons (Fsp3) is 0.290. The molecule has 0 spiro atoms. The number of hydrogen-bond acceptors (Lipinski definition) is 6. The molecule has 0 unspecified atom stereocenters. The van der Waals surface area contributed by atoms with Gasteiger partial charge in [0.2, 0.25) is 0 Å². The Morgan fingerprint density at radius 2 is 1.38 bits per heavy atom. The lowest BCUT2D eigenvalue weighted by molar-refractivity contribution is -0.181. The van der Waals surface area contributed by atoms with E-state index in [4.69, 9.17) is 18.9 Å². The van der Waals surface area contributed by atoms with Gasteiger partial charge in [0.1, 0.15) is 18.9 Å². The molecule has 3 aromatic carbocycles. The van der Waals surface area contributed by atoms with Crippen molar-refractivity contribution in [2.45, 2.75) is 43.9 Å². The number of nitrogens with one attached hydrogen (secondary N) is 1. The van der Waals surface area contributed by atoms with E-state index in [1.54, 1.807) is 0 Å². The highest BCUT2D eigenvalue weighted by atomic mass is 19.1. The maximum Gasteiger partial charge on any atom is 0.330 e. The normalized spacial score (nSPS) is 22.4. The second-order valence-electron chi connectivity index (χ2n) is 9.63. The van der Waals surface area contributed by atoms with E-state index in [1.165, 1.54) is 12.3 Å². The summed E-state index contributed by atoms with van der Waals surface area (Å²) in [7, 11) is 0. The molecule has 4 atom stereocenters. The number of aromatic amines is 1. The first-order valence-electron chi connectivity index (χ1n) is 13.1. The van der Waals surface area contributed by atoms with Crippen LogP contribution in [-0.4, -0.2) is 40.6 Å². The molecule has 0 saturated carbocycles. The van der Waals surface area contributed by atoms with Crippen molar-refractivity contribution < 1.29 is 23.3 Å². The zero-order chi connectivity index (χ0) is 27.8. The summed E-state index contributed by atoms with van der Waals surface area (Å²) in [5, 5.41) is 0. The summed E-state index contributed by atoms with van der Waals surface area (Å²) < 4.78 is 41.6. The molecule has 4 aromatic rings. The van der Waals surface area contributed by atoms with E-state index >= 15 is 4.39 Å². The van der Waals surface area contributed by atoms with Gasteiger partial charge >= 0.3 is 5.69 Å². The number of halogens is 1. The molecule has 1 N–H and O–H groups in total. The highest BCUT2D eigenvalue weighted by molar-refractivity contribution is 5.16. The summed E-state index contributed by atoms with van der Waals surface area (Å²) in [6.45, 7) is -0.452. The summed E-state index contributed by atoms with van der Waals surface area (Å²) in [6, 6.07) is 29.6. The average molecular weight is 547 g/mol. The summed E-state index contributed by atoms with van der Waals surface area (Å²) in [6.07, 6.45) is -1.70. The van der Waals surface area contributed by atoms with Gasteiger partial charge in [-0.15, -0.1) is 0 Å². The standard InChI is InChI=1S/C31H31FN2O6/c32-22-31(39-20-25-14-8-3-9-15-25)28(38-19-24-12-6-2-7-13-24)26(21-37-18-23-10-4-1-5-11-23)40-29(31)34-17-16-27(35)33-30(34)36/h1-17,26,28-29H,18-22H2,(H,33,35,36)/t26-,28-,29-,31-/m1/s1. The molecule has 9 heteroatoms. The molecule has 0 bridgehead atoms. The van der Waals surface area contributed by atoms with Crippen molar-refractivity contribution in [3.8, 4) is 0 Å². The number of aromatic nitrogens is 2. The zero-order valence-corrected chi connectivity index (χ0v) is 21.9. The molecule has 1 aliphatic rings. The highest BCUT2D eigenvalue weighted by Crippen LogP contribution is 2.44. The summed E-state index contributed by atoms with van der Waals surface area (Å²) in [4.78, 5) is 26.9. The third-order valence-corrected chi connectivity index (χ3v) is 6.87. The Morgan fingerprint density at radius 3 is 1.95 bits per heavy atom. The molecule has 0 radical (unpaired) electrons. The van der Waals surface area contributed by atoms with E-state index < -0.39 is 42.0 Å². The van der Waals surface area contributed by atoms with Gasteiger partial charge in [0.15, 0.2) is 11.8 Å². The molecule has 0 amide bonds. The van der Waals surface area contributed by atoms with E-state index in [1.807, 2.05) is 91.0 Å². The minimum Gasteiger partial charge on any atom is -0.374 e. The van der Waals surface area contributed by atoms with Gasteiger partial charge in [-0.25, -0.2) is 9.18 Å². The van der Waals surface area contributed by atoms with Crippen LogP contribution in [0.5, 0.6) is 0 Å². The van der Waals surface area contributed by atoms with Crippen LogP contribution in [0.4, 0.5) is 4.39 Å². The van der Waals surface area contributed by atoms with Crippen molar-refractivity contribution in [2.75, 3.05) is 13.3 Å². The van der Waals surface area contributed by atoms with Gasteiger partial charge in [-0.05, 0) is 16.7 Å².